The molecule has 0 atom stereocenters. The average Bonchev–Trinajstić information content (AvgIpc) is 2.30. The van der Waals surface area contributed by atoms with Crippen molar-refractivity contribution < 1.29 is 0 Å². The molecule has 0 aliphatic rings. The number of hydrogen-bond acceptors (Lipinski definition) is 1. The predicted molar refractivity (Wildman–Crippen MR) is 61.6 cm³/mol. The summed E-state index contributed by atoms with van der Waals surface area (Å²) >= 11 is 6.12. The van der Waals surface area contributed by atoms with Crippen molar-refractivity contribution in [3.05, 3.63) is 59.1 Å². The summed E-state index contributed by atoms with van der Waals surface area (Å²) in [5, 5.41) is 9.37. The van der Waals surface area contributed by atoms with Crippen molar-refractivity contribution in [3.63, 3.8) is 0 Å². The van der Waals surface area contributed by atoms with Gasteiger partial charge >= 0.3 is 0 Å². The maximum atomic E-state index is 8.86. The molecule has 2 rings (SSSR count). The number of halogens is 1. The fourth-order valence-corrected chi connectivity index (χ4v) is 1.74. The summed E-state index contributed by atoms with van der Waals surface area (Å²) in [7, 11) is 0. The normalized spacial score (nSPS) is 9.60. The molecule has 72 valence electrons. The van der Waals surface area contributed by atoms with Crippen molar-refractivity contribution in [1.29, 1.82) is 5.26 Å². The highest BCUT2D eigenvalue weighted by molar-refractivity contribution is 6.34. The molecule has 0 N–H and O–H groups in total. The van der Waals surface area contributed by atoms with Gasteiger partial charge in [-0.2, -0.15) is 5.26 Å². The average molecular weight is 214 g/mol. The second-order valence-electron chi connectivity index (χ2n) is 3.14. The molecule has 0 saturated heterocycles. The molecule has 15 heavy (non-hydrogen) atoms. The highest BCUT2D eigenvalue weighted by atomic mass is 35.5. The molecule has 0 aliphatic carbocycles. The smallest absolute Gasteiger partial charge is 0.101 e. The van der Waals surface area contributed by atoms with Gasteiger partial charge in [0.05, 0.1) is 10.6 Å². The van der Waals surface area contributed by atoms with Crippen molar-refractivity contribution in [2.45, 2.75) is 0 Å². The van der Waals surface area contributed by atoms with Crippen LogP contribution in [0.5, 0.6) is 0 Å². The lowest BCUT2D eigenvalue weighted by Gasteiger charge is -2.04. The summed E-state index contributed by atoms with van der Waals surface area (Å²) in [6, 6.07) is 17.3. The van der Waals surface area contributed by atoms with Gasteiger partial charge in [0, 0.05) is 5.56 Å². The first-order valence-electron chi connectivity index (χ1n) is 4.57. The Hall–Kier alpha value is -1.78. The molecule has 0 saturated carbocycles. The van der Waals surface area contributed by atoms with Gasteiger partial charge in [-0.15, -0.1) is 0 Å². The van der Waals surface area contributed by atoms with E-state index in [1.807, 2.05) is 42.5 Å². The van der Waals surface area contributed by atoms with E-state index in [2.05, 4.69) is 6.07 Å². The Morgan fingerprint density at radius 2 is 1.67 bits per heavy atom. The topological polar surface area (TPSA) is 23.8 Å². The summed E-state index contributed by atoms with van der Waals surface area (Å²) in [6.45, 7) is 0. The van der Waals surface area contributed by atoms with Gasteiger partial charge in [-0.3, -0.25) is 0 Å². The highest BCUT2D eigenvalue weighted by Gasteiger charge is 2.06. The largest absolute Gasteiger partial charge is 0.192 e. The Bertz CT molecular complexity index is 512. The highest BCUT2D eigenvalue weighted by Crippen LogP contribution is 2.29. The van der Waals surface area contributed by atoms with Crippen LogP contribution in [0, 0.1) is 11.3 Å². The van der Waals surface area contributed by atoms with Crippen LogP contribution in [-0.4, -0.2) is 0 Å². The summed E-state index contributed by atoms with van der Waals surface area (Å²) < 4.78 is 0. The molecule has 0 aromatic heterocycles. The van der Waals surface area contributed by atoms with E-state index >= 15 is 0 Å². The van der Waals surface area contributed by atoms with Crippen molar-refractivity contribution in [2.24, 2.45) is 0 Å². The minimum absolute atomic E-state index is 0.512. The van der Waals surface area contributed by atoms with Crippen LogP contribution in [0.1, 0.15) is 5.56 Å². The summed E-state index contributed by atoms with van der Waals surface area (Å²) in [5.74, 6) is 0. The van der Waals surface area contributed by atoms with E-state index in [1.54, 1.807) is 6.07 Å². The predicted octanol–water partition coefficient (Wildman–Crippen LogP) is 3.88. The third-order valence-corrected chi connectivity index (χ3v) is 2.61. The van der Waals surface area contributed by atoms with E-state index in [9.17, 15) is 0 Å². The molecule has 0 bridgehead atoms. The van der Waals surface area contributed by atoms with Gasteiger partial charge < -0.3 is 0 Å². The minimum Gasteiger partial charge on any atom is -0.192 e. The number of rotatable bonds is 1. The van der Waals surface area contributed by atoms with Crippen molar-refractivity contribution >= 4 is 11.6 Å². The van der Waals surface area contributed by atoms with Crippen molar-refractivity contribution in [2.75, 3.05) is 0 Å². The van der Waals surface area contributed by atoms with Crippen LogP contribution in [0.4, 0.5) is 0 Å². The van der Waals surface area contributed by atoms with E-state index in [1.165, 1.54) is 0 Å². The second-order valence-corrected chi connectivity index (χ2v) is 3.52. The zero-order chi connectivity index (χ0) is 10.7. The summed E-state index contributed by atoms with van der Waals surface area (Å²) in [4.78, 5) is 0. The van der Waals surface area contributed by atoms with Crippen LogP contribution in [0.2, 0.25) is 5.02 Å². The van der Waals surface area contributed by atoms with Gasteiger partial charge in [-0.25, -0.2) is 0 Å². The quantitative estimate of drug-likeness (QED) is 0.705. The fraction of sp³-hybridized carbons (Fsp3) is 0. The molecule has 0 fully saturated rings. The molecule has 0 aliphatic heterocycles. The van der Waals surface area contributed by atoms with Gasteiger partial charge in [0.25, 0.3) is 0 Å². The van der Waals surface area contributed by atoms with Crippen LogP contribution in [0.3, 0.4) is 0 Å². The van der Waals surface area contributed by atoms with E-state index in [0.717, 1.165) is 11.1 Å². The molecule has 0 spiro atoms. The van der Waals surface area contributed by atoms with Crippen molar-refractivity contribution in [1.82, 2.24) is 0 Å². The van der Waals surface area contributed by atoms with Crippen LogP contribution < -0.4 is 0 Å². The lowest BCUT2D eigenvalue weighted by molar-refractivity contribution is 1.48. The van der Waals surface area contributed by atoms with E-state index in [0.29, 0.717) is 10.6 Å². The number of nitriles is 1. The van der Waals surface area contributed by atoms with Gasteiger partial charge in [-0.1, -0.05) is 54.1 Å². The lowest BCUT2D eigenvalue weighted by Crippen LogP contribution is -1.82. The Labute approximate surface area is 93.5 Å². The van der Waals surface area contributed by atoms with Crippen LogP contribution in [-0.2, 0) is 0 Å². The lowest BCUT2D eigenvalue weighted by atomic mass is 10.0. The molecule has 0 unspecified atom stereocenters. The standard InChI is InChI=1S/C13H8ClN/c14-13-11(9-15)7-4-8-12(13)10-5-2-1-3-6-10/h1-8H. The number of hydrogen-bond donors (Lipinski definition) is 0. The monoisotopic (exact) mass is 213 g/mol. The molecular weight excluding hydrogens is 206 g/mol. The third-order valence-electron chi connectivity index (χ3n) is 2.20. The fourth-order valence-electron chi connectivity index (χ4n) is 1.46. The van der Waals surface area contributed by atoms with E-state index in [4.69, 9.17) is 16.9 Å². The Kier molecular flexibility index (Phi) is 2.71. The Morgan fingerprint density at radius 3 is 2.33 bits per heavy atom. The maximum Gasteiger partial charge on any atom is 0.101 e. The Morgan fingerprint density at radius 1 is 0.933 bits per heavy atom. The first-order chi connectivity index (χ1) is 7.33. The van der Waals surface area contributed by atoms with Crippen LogP contribution in [0.15, 0.2) is 48.5 Å². The first-order valence-corrected chi connectivity index (χ1v) is 4.95. The molecule has 2 aromatic rings. The van der Waals surface area contributed by atoms with Gasteiger partial charge in [-0.05, 0) is 11.6 Å². The molecule has 1 nitrogen and oxygen atoms in total. The molecule has 0 heterocycles. The number of benzene rings is 2. The molecular formula is C13H8ClN. The zero-order valence-electron chi connectivity index (χ0n) is 7.94. The van der Waals surface area contributed by atoms with Crippen LogP contribution >= 0.6 is 11.6 Å². The maximum absolute atomic E-state index is 8.86. The summed E-state index contributed by atoms with van der Waals surface area (Å²) in [6.07, 6.45) is 0. The Balaban J connectivity index is 2.61. The van der Waals surface area contributed by atoms with Gasteiger partial charge in [0.2, 0.25) is 0 Å². The van der Waals surface area contributed by atoms with Crippen LogP contribution in [0.25, 0.3) is 11.1 Å². The number of nitrogens with zero attached hydrogens (tertiary/aromatic N) is 1. The SMILES string of the molecule is N#Cc1cccc(-c2ccccc2)c1Cl. The molecule has 0 radical (unpaired) electrons. The summed E-state index contributed by atoms with van der Waals surface area (Å²) in [5.41, 5.74) is 2.44. The first kappa shape index (κ1) is 9.76. The second kappa shape index (κ2) is 4.16. The third kappa shape index (κ3) is 1.86. The molecule has 2 aromatic carbocycles. The van der Waals surface area contributed by atoms with Crippen molar-refractivity contribution in [3.8, 4) is 17.2 Å². The minimum atomic E-state index is 0.512. The zero-order valence-corrected chi connectivity index (χ0v) is 8.70. The van der Waals surface area contributed by atoms with Gasteiger partial charge in [0.1, 0.15) is 6.07 Å². The van der Waals surface area contributed by atoms with E-state index < -0.39 is 0 Å². The molecule has 2 heteroatoms. The van der Waals surface area contributed by atoms with E-state index in [-0.39, 0.29) is 0 Å². The molecule has 0 amide bonds. The van der Waals surface area contributed by atoms with Gasteiger partial charge in [0.15, 0.2) is 0 Å².